The van der Waals surface area contributed by atoms with Gasteiger partial charge in [-0.2, -0.15) is 0 Å². The highest BCUT2D eigenvalue weighted by Crippen LogP contribution is 2.43. The van der Waals surface area contributed by atoms with Crippen molar-refractivity contribution in [1.29, 1.82) is 0 Å². The van der Waals surface area contributed by atoms with E-state index in [1.54, 1.807) is 31.2 Å². The second kappa shape index (κ2) is 14.0. The normalized spacial score (nSPS) is 23.8. The van der Waals surface area contributed by atoms with Crippen LogP contribution < -0.4 is 0 Å². The van der Waals surface area contributed by atoms with Crippen molar-refractivity contribution in [3.8, 4) is 0 Å². The Morgan fingerprint density at radius 3 is 2.14 bits per heavy atom. The van der Waals surface area contributed by atoms with Gasteiger partial charge in [0, 0.05) is 34.1 Å². The molecule has 0 radical (unpaired) electrons. The van der Waals surface area contributed by atoms with Crippen molar-refractivity contribution in [1.82, 2.24) is 0 Å². The fourth-order valence-electron chi connectivity index (χ4n) is 3.83. The third kappa shape index (κ3) is 9.04. The summed E-state index contributed by atoms with van der Waals surface area (Å²) in [5.74, 6) is -3.20. The maximum Gasteiger partial charge on any atom is 0.349 e. The molecule has 1 fully saturated rings. The quantitative estimate of drug-likeness (QED) is 0.300. The van der Waals surface area contributed by atoms with E-state index in [4.69, 9.17) is 28.4 Å². The molecule has 0 bridgehead atoms. The monoisotopic (exact) mass is 540 g/mol. The van der Waals surface area contributed by atoms with Crippen LogP contribution in [0.3, 0.4) is 0 Å². The van der Waals surface area contributed by atoms with Gasteiger partial charge >= 0.3 is 29.8 Å². The molecule has 1 heterocycles. The first kappa shape index (κ1) is 30.1. The minimum atomic E-state index is -1.72. The Bertz CT molecular complexity index is 967. The Morgan fingerprint density at radius 2 is 1.59 bits per heavy atom. The Kier molecular flexibility index (Phi) is 11.4. The number of ether oxygens (including phenoxy) is 6. The highest BCUT2D eigenvalue weighted by molar-refractivity contribution is 8.01. The summed E-state index contributed by atoms with van der Waals surface area (Å²) >= 11 is 1.08. The van der Waals surface area contributed by atoms with Crippen LogP contribution in [0.25, 0.3) is 0 Å². The predicted octanol–water partition coefficient (Wildman–Crippen LogP) is 2.33. The largest absolute Gasteiger partial charge is 0.462 e. The Labute approximate surface area is 219 Å². The molecule has 2 rings (SSSR count). The van der Waals surface area contributed by atoms with Crippen LogP contribution in [0.2, 0.25) is 0 Å². The van der Waals surface area contributed by atoms with E-state index in [1.165, 1.54) is 6.92 Å². The lowest BCUT2D eigenvalue weighted by molar-refractivity contribution is -0.242. The van der Waals surface area contributed by atoms with Crippen molar-refractivity contribution in [3.63, 3.8) is 0 Å². The molecule has 0 spiro atoms. The van der Waals surface area contributed by atoms with Crippen LogP contribution in [-0.2, 0) is 59.0 Å². The lowest BCUT2D eigenvalue weighted by Gasteiger charge is -2.47. The minimum Gasteiger partial charge on any atom is -0.462 e. The van der Waals surface area contributed by atoms with Gasteiger partial charge in [-0.25, -0.2) is 4.79 Å². The lowest BCUT2D eigenvalue weighted by Crippen LogP contribution is -2.63. The number of esters is 5. The molecule has 12 heteroatoms. The smallest absolute Gasteiger partial charge is 0.349 e. The maximum atomic E-state index is 13.5. The van der Waals surface area contributed by atoms with Crippen LogP contribution in [0.1, 0.15) is 46.6 Å². The molecule has 0 saturated carbocycles. The maximum absolute atomic E-state index is 13.5. The van der Waals surface area contributed by atoms with Gasteiger partial charge in [0.1, 0.15) is 25.4 Å². The van der Waals surface area contributed by atoms with Crippen LogP contribution in [0, 0.1) is 0 Å². The zero-order valence-electron chi connectivity index (χ0n) is 21.4. The van der Waals surface area contributed by atoms with E-state index in [-0.39, 0.29) is 13.0 Å². The fourth-order valence-corrected chi connectivity index (χ4v) is 4.93. The summed E-state index contributed by atoms with van der Waals surface area (Å²) in [5, 5.41) is 0. The van der Waals surface area contributed by atoms with Crippen molar-refractivity contribution in [2.75, 3.05) is 12.4 Å². The van der Waals surface area contributed by atoms with Crippen LogP contribution >= 0.6 is 11.8 Å². The molecule has 1 aliphatic heterocycles. The van der Waals surface area contributed by atoms with Crippen molar-refractivity contribution in [2.24, 2.45) is 0 Å². The Hall–Kier alpha value is -3.12. The number of thioether (sulfide) groups is 1. The highest BCUT2D eigenvalue weighted by Gasteiger charge is 2.58. The summed E-state index contributed by atoms with van der Waals surface area (Å²) in [6, 6.07) is 8.99. The summed E-state index contributed by atoms with van der Waals surface area (Å²) in [7, 11) is 0. The molecule has 0 N–H and O–H groups in total. The van der Waals surface area contributed by atoms with Gasteiger partial charge in [0.25, 0.3) is 0 Å². The molecule has 37 heavy (non-hydrogen) atoms. The average molecular weight is 541 g/mol. The second-order valence-electron chi connectivity index (χ2n) is 8.21. The van der Waals surface area contributed by atoms with Gasteiger partial charge in [0.15, 0.2) is 12.2 Å². The average Bonchev–Trinajstić information content (AvgIpc) is 2.81. The molecule has 0 aromatic heterocycles. The summed E-state index contributed by atoms with van der Waals surface area (Å²) in [5.41, 5.74) is 0.738. The standard InChI is InChI=1S/C25H32O11S/c1-6-37-25(24(30)32-13-19-10-8-7-9-11-19)12-20(33-16(3)27)22(35-18(5)29)23(36-25)21(34-17(4)28)14-31-15(2)26/h7-11,20-23H,6,12-14H2,1-5H3/t20-,21?,22+,23-,25?/m1/s1. The first-order valence-electron chi connectivity index (χ1n) is 11.6. The van der Waals surface area contributed by atoms with Crippen LogP contribution in [0.15, 0.2) is 30.3 Å². The van der Waals surface area contributed by atoms with Gasteiger partial charge < -0.3 is 28.4 Å². The van der Waals surface area contributed by atoms with Gasteiger partial charge in [0.2, 0.25) is 4.93 Å². The predicted molar refractivity (Wildman–Crippen MR) is 130 cm³/mol. The van der Waals surface area contributed by atoms with Crippen LogP contribution in [0.4, 0.5) is 0 Å². The molecule has 2 unspecified atom stereocenters. The molecule has 11 nitrogen and oxygen atoms in total. The second-order valence-corrected chi connectivity index (χ2v) is 9.73. The molecular weight excluding hydrogens is 508 g/mol. The number of hydrogen-bond donors (Lipinski definition) is 0. The molecule has 0 aliphatic carbocycles. The molecule has 0 amide bonds. The summed E-state index contributed by atoms with van der Waals surface area (Å²) in [4.78, 5) is 59.1. The topological polar surface area (TPSA) is 141 Å². The molecule has 1 aromatic carbocycles. The van der Waals surface area contributed by atoms with Crippen molar-refractivity contribution >= 4 is 41.6 Å². The summed E-state index contributed by atoms with van der Waals surface area (Å²) < 4.78 is 33.1. The van der Waals surface area contributed by atoms with Gasteiger partial charge in [-0.05, 0) is 11.3 Å². The highest BCUT2D eigenvalue weighted by atomic mass is 32.2. The Balaban J connectivity index is 2.51. The van der Waals surface area contributed by atoms with E-state index in [0.717, 1.165) is 38.1 Å². The molecular formula is C25H32O11S. The number of hydrogen-bond acceptors (Lipinski definition) is 12. The number of rotatable bonds is 11. The number of benzene rings is 1. The van der Waals surface area contributed by atoms with Gasteiger partial charge in [-0.15, -0.1) is 11.8 Å². The third-order valence-corrected chi connectivity index (χ3v) is 6.33. The van der Waals surface area contributed by atoms with E-state index < -0.39 is 65.8 Å². The van der Waals surface area contributed by atoms with Gasteiger partial charge in [-0.1, -0.05) is 37.3 Å². The minimum absolute atomic E-state index is 0.0495. The van der Waals surface area contributed by atoms with E-state index >= 15 is 0 Å². The zero-order chi connectivity index (χ0) is 27.6. The number of carbonyl (C=O) groups is 5. The van der Waals surface area contributed by atoms with E-state index in [0.29, 0.717) is 5.75 Å². The van der Waals surface area contributed by atoms with Crippen molar-refractivity contribution in [2.45, 2.75) is 77.0 Å². The van der Waals surface area contributed by atoms with Crippen molar-refractivity contribution < 1.29 is 52.4 Å². The molecule has 204 valence electrons. The summed E-state index contributed by atoms with van der Waals surface area (Å²) in [6.07, 6.45) is -5.32. The van der Waals surface area contributed by atoms with E-state index in [9.17, 15) is 24.0 Å². The molecule has 1 aromatic rings. The molecule has 1 saturated heterocycles. The van der Waals surface area contributed by atoms with Crippen LogP contribution in [-0.4, -0.2) is 71.6 Å². The molecule has 5 atom stereocenters. The first-order chi connectivity index (χ1) is 17.5. The van der Waals surface area contributed by atoms with Crippen LogP contribution in [0.5, 0.6) is 0 Å². The van der Waals surface area contributed by atoms with Gasteiger partial charge in [-0.3, -0.25) is 19.2 Å². The fraction of sp³-hybridized carbons (Fsp3) is 0.560. The van der Waals surface area contributed by atoms with Crippen molar-refractivity contribution in [3.05, 3.63) is 35.9 Å². The third-order valence-electron chi connectivity index (χ3n) is 5.14. The summed E-state index contributed by atoms with van der Waals surface area (Å²) in [6.45, 7) is 5.89. The van der Waals surface area contributed by atoms with Gasteiger partial charge in [0.05, 0.1) is 0 Å². The van der Waals surface area contributed by atoms with E-state index in [2.05, 4.69) is 0 Å². The first-order valence-corrected chi connectivity index (χ1v) is 12.6. The lowest BCUT2D eigenvalue weighted by atomic mass is 9.93. The SMILES string of the molecule is CCSC1(C(=O)OCc2ccccc2)C[C@@H](OC(C)=O)[C@H](OC(C)=O)[C@@H](C(COC(C)=O)OC(C)=O)O1. The number of carbonyl (C=O) groups excluding carboxylic acids is 5. The van der Waals surface area contributed by atoms with E-state index in [1.807, 2.05) is 6.07 Å². The zero-order valence-corrected chi connectivity index (χ0v) is 22.2. The molecule has 1 aliphatic rings. The Morgan fingerprint density at radius 1 is 0.946 bits per heavy atom.